The Kier molecular flexibility index (Phi) is 4.80. The van der Waals surface area contributed by atoms with E-state index in [1.54, 1.807) is 12.3 Å². The second-order valence-electron chi connectivity index (χ2n) is 6.56. The first-order chi connectivity index (χ1) is 13.2. The number of carbonyl (C=O) groups is 1. The van der Waals surface area contributed by atoms with Gasteiger partial charge in [0.15, 0.2) is 5.82 Å². The summed E-state index contributed by atoms with van der Waals surface area (Å²) in [6.45, 7) is 3.82. The first-order valence-electron chi connectivity index (χ1n) is 8.86. The highest BCUT2D eigenvalue weighted by molar-refractivity contribution is 6.04. The van der Waals surface area contributed by atoms with Crippen LogP contribution in [-0.4, -0.2) is 64.2 Å². The van der Waals surface area contributed by atoms with Gasteiger partial charge >= 0.3 is 0 Å². The van der Waals surface area contributed by atoms with E-state index in [2.05, 4.69) is 42.3 Å². The summed E-state index contributed by atoms with van der Waals surface area (Å²) in [4.78, 5) is 25.7. The molecule has 138 valence electrons. The maximum absolute atomic E-state index is 12.6. The van der Waals surface area contributed by atoms with Crippen molar-refractivity contribution < 1.29 is 4.79 Å². The van der Waals surface area contributed by atoms with Crippen molar-refractivity contribution in [1.29, 1.82) is 0 Å². The lowest BCUT2D eigenvalue weighted by atomic mass is 10.2. The van der Waals surface area contributed by atoms with Gasteiger partial charge in [0.05, 0.1) is 0 Å². The molecule has 0 spiro atoms. The summed E-state index contributed by atoms with van der Waals surface area (Å²) in [5, 5.41) is 9.59. The largest absolute Gasteiger partial charge is 0.354 e. The lowest BCUT2D eigenvalue weighted by Gasteiger charge is -2.33. The third-order valence-corrected chi connectivity index (χ3v) is 4.67. The van der Waals surface area contributed by atoms with E-state index in [1.807, 2.05) is 30.3 Å². The molecule has 1 saturated heterocycles. The third kappa shape index (κ3) is 3.95. The number of likely N-dealkylation sites (N-methyl/N-ethyl adjacent to an activating group) is 1. The van der Waals surface area contributed by atoms with E-state index in [0.29, 0.717) is 11.4 Å². The Morgan fingerprint density at radius 3 is 2.56 bits per heavy atom. The molecule has 8 heteroatoms. The van der Waals surface area contributed by atoms with Gasteiger partial charge in [-0.05, 0) is 43.4 Å². The Morgan fingerprint density at radius 2 is 1.85 bits per heavy atom. The van der Waals surface area contributed by atoms with Crippen molar-refractivity contribution in [2.24, 2.45) is 0 Å². The van der Waals surface area contributed by atoms with Crippen LogP contribution in [0.25, 0.3) is 11.4 Å². The van der Waals surface area contributed by atoms with Crippen LogP contribution in [0.1, 0.15) is 10.4 Å². The number of pyridine rings is 1. The van der Waals surface area contributed by atoms with Crippen molar-refractivity contribution in [3.63, 3.8) is 0 Å². The molecule has 3 aromatic rings. The van der Waals surface area contributed by atoms with Crippen molar-refractivity contribution in [2.45, 2.75) is 0 Å². The molecule has 1 amide bonds. The summed E-state index contributed by atoms with van der Waals surface area (Å²) in [5.41, 5.74) is 2.23. The van der Waals surface area contributed by atoms with E-state index in [-0.39, 0.29) is 5.91 Å². The van der Waals surface area contributed by atoms with Crippen LogP contribution in [0.5, 0.6) is 0 Å². The molecule has 2 aromatic heterocycles. The van der Waals surface area contributed by atoms with Crippen molar-refractivity contribution in [3.8, 4) is 11.4 Å². The Hall–Kier alpha value is -3.26. The minimum atomic E-state index is -0.153. The van der Waals surface area contributed by atoms with Crippen LogP contribution in [0.15, 0.2) is 48.9 Å². The van der Waals surface area contributed by atoms with Crippen molar-refractivity contribution >= 4 is 17.4 Å². The van der Waals surface area contributed by atoms with Gasteiger partial charge in [-0.2, -0.15) is 5.10 Å². The Bertz CT molecular complexity index is 900. The van der Waals surface area contributed by atoms with Gasteiger partial charge in [-0.1, -0.05) is 0 Å². The van der Waals surface area contributed by atoms with E-state index >= 15 is 0 Å². The number of nitrogens with one attached hydrogen (secondary N) is 2. The molecular formula is C19H21N7O. The van der Waals surface area contributed by atoms with Crippen LogP contribution in [0.2, 0.25) is 0 Å². The molecule has 0 aliphatic carbocycles. The fourth-order valence-corrected chi connectivity index (χ4v) is 3.03. The number of H-pyrrole nitrogens is 1. The number of aromatic nitrogens is 4. The lowest BCUT2D eigenvalue weighted by molar-refractivity contribution is 0.102. The fraction of sp³-hybridized carbons (Fsp3) is 0.263. The molecule has 1 aliphatic heterocycles. The van der Waals surface area contributed by atoms with E-state index in [4.69, 9.17) is 0 Å². The van der Waals surface area contributed by atoms with Crippen LogP contribution < -0.4 is 10.2 Å². The lowest BCUT2D eigenvalue weighted by Crippen LogP contribution is -2.44. The topological polar surface area (TPSA) is 90.0 Å². The van der Waals surface area contributed by atoms with Crippen molar-refractivity contribution in [1.82, 2.24) is 25.1 Å². The Labute approximate surface area is 157 Å². The SMILES string of the molecule is CN1CCN(c2cc(C(=O)Nc3ccc(-c4ncn[nH]4)cc3)ccn2)CC1. The van der Waals surface area contributed by atoms with Crippen LogP contribution in [0.3, 0.4) is 0 Å². The monoisotopic (exact) mass is 363 g/mol. The summed E-state index contributed by atoms with van der Waals surface area (Å²) in [5.74, 6) is 1.38. The van der Waals surface area contributed by atoms with Gasteiger partial charge in [-0.3, -0.25) is 9.89 Å². The number of anilines is 2. The number of aromatic amines is 1. The third-order valence-electron chi connectivity index (χ3n) is 4.67. The molecule has 0 saturated carbocycles. The van der Waals surface area contributed by atoms with E-state index in [1.165, 1.54) is 6.33 Å². The first kappa shape index (κ1) is 17.2. The highest BCUT2D eigenvalue weighted by Crippen LogP contribution is 2.19. The molecular weight excluding hydrogens is 342 g/mol. The summed E-state index contributed by atoms with van der Waals surface area (Å²) in [7, 11) is 2.11. The van der Waals surface area contributed by atoms with E-state index < -0.39 is 0 Å². The summed E-state index contributed by atoms with van der Waals surface area (Å²) in [6, 6.07) is 11.1. The first-order valence-corrected chi connectivity index (χ1v) is 8.86. The predicted octanol–water partition coefficient (Wildman–Crippen LogP) is 1.87. The maximum Gasteiger partial charge on any atom is 0.255 e. The average molecular weight is 363 g/mol. The zero-order valence-electron chi connectivity index (χ0n) is 15.1. The molecule has 1 fully saturated rings. The van der Waals surface area contributed by atoms with Gasteiger partial charge in [-0.25, -0.2) is 9.97 Å². The molecule has 1 aliphatic rings. The van der Waals surface area contributed by atoms with Gasteiger partial charge in [0.25, 0.3) is 5.91 Å². The van der Waals surface area contributed by atoms with Gasteiger partial charge < -0.3 is 15.1 Å². The van der Waals surface area contributed by atoms with Crippen molar-refractivity contribution in [3.05, 3.63) is 54.5 Å². The molecule has 3 heterocycles. The second kappa shape index (κ2) is 7.55. The molecule has 0 atom stereocenters. The van der Waals surface area contributed by atoms with Crippen LogP contribution in [0.4, 0.5) is 11.5 Å². The number of amides is 1. The molecule has 0 bridgehead atoms. The normalized spacial score (nSPS) is 14.9. The molecule has 0 unspecified atom stereocenters. The predicted molar refractivity (Wildman–Crippen MR) is 104 cm³/mol. The number of nitrogens with zero attached hydrogens (tertiary/aromatic N) is 5. The smallest absolute Gasteiger partial charge is 0.255 e. The zero-order chi connectivity index (χ0) is 18.6. The number of hydrogen-bond donors (Lipinski definition) is 2. The standard InChI is InChI=1S/C19H21N7O/c1-25-8-10-26(11-9-25)17-12-15(6-7-20-17)19(27)23-16-4-2-14(3-5-16)18-21-13-22-24-18/h2-7,12-13H,8-11H2,1H3,(H,23,27)(H,21,22,24). The van der Waals surface area contributed by atoms with Gasteiger partial charge in [-0.15, -0.1) is 0 Å². The number of piperazine rings is 1. The van der Waals surface area contributed by atoms with Gasteiger partial charge in [0, 0.05) is 49.2 Å². The summed E-state index contributed by atoms with van der Waals surface area (Å²) in [6.07, 6.45) is 3.15. The fourth-order valence-electron chi connectivity index (χ4n) is 3.03. The quantitative estimate of drug-likeness (QED) is 0.735. The molecule has 0 radical (unpaired) electrons. The molecule has 2 N–H and O–H groups in total. The number of hydrogen-bond acceptors (Lipinski definition) is 6. The minimum absolute atomic E-state index is 0.153. The molecule has 8 nitrogen and oxygen atoms in total. The molecule has 4 rings (SSSR count). The van der Waals surface area contributed by atoms with Crippen LogP contribution in [-0.2, 0) is 0 Å². The van der Waals surface area contributed by atoms with E-state index in [0.717, 1.165) is 43.2 Å². The highest BCUT2D eigenvalue weighted by Gasteiger charge is 2.16. The number of rotatable bonds is 4. The van der Waals surface area contributed by atoms with Crippen molar-refractivity contribution in [2.75, 3.05) is 43.4 Å². The Morgan fingerprint density at radius 1 is 1.07 bits per heavy atom. The van der Waals surface area contributed by atoms with Crippen LogP contribution in [0, 0.1) is 0 Å². The average Bonchev–Trinajstić information content (AvgIpc) is 3.24. The number of carbonyl (C=O) groups excluding carboxylic acids is 1. The van der Waals surface area contributed by atoms with E-state index in [9.17, 15) is 4.79 Å². The highest BCUT2D eigenvalue weighted by atomic mass is 16.1. The van der Waals surface area contributed by atoms with Gasteiger partial charge in [0.2, 0.25) is 0 Å². The number of benzene rings is 1. The Balaban J connectivity index is 1.44. The summed E-state index contributed by atoms with van der Waals surface area (Å²) < 4.78 is 0. The summed E-state index contributed by atoms with van der Waals surface area (Å²) >= 11 is 0. The second-order valence-corrected chi connectivity index (χ2v) is 6.56. The zero-order valence-corrected chi connectivity index (χ0v) is 15.1. The van der Waals surface area contributed by atoms with Crippen LogP contribution >= 0.6 is 0 Å². The maximum atomic E-state index is 12.6. The van der Waals surface area contributed by atoms with Gasteiger partial charge in [0.1, 0.15) is 12.1 Å². The molecule has 1 aromatic carbocycles. The molecule has 27 heavy (non-hydrogen) atoms. The minimum Gasteiger partial charge on any atom is -0.354 e.